The second kappa shape index (κ2) is 5.63. The first-order valence-electron chi connectivity index (χ1n) is 6.77. The van der Waals surface area contributed by atoms with Gasteiger partial charge < -0.3 is 10.2 Å². The van der Waals surface area contributed by atoms with Crippen LogP contribution in [-0.4, -0.2) is 24.7 Å². The molecule has 0 bridgehead atoms. The van der Waals surface area contributed by atoms with Crippen LogP contribution in [0.4, 0.5) is 5.69 Å². The van der Waals surface area contributed by atoms with Crippen LogP contribution in [0.15, 0.2) is 22.7 Å². The molecule has 1 N–H and O–H groups in total. The number of halogens is 2. The van der Waals surface area contributed by atoms with Gasteiger partial charge in [-0.05, 0) is 38.0 Å². The van der Waals surface area contributed by atoms with Crippen molar-refractivity contribution in [1.82, 2.24) is 5.32 Å². The average Bonchev–Trinajstić information content (AvgIpc) is 2.27. The van der Waals surface area contributed by atoms with Crippen LogP contribution >= 0.6 is 27.5 Å². The van der Waals surface area contributed by atoms with Crippen molar-refractivity contribution in [2.24, 2.45) is 5.92 Å². The fraction of sp³-hybridized carbons (Fsp3) is 0.600. The molecule has 1 aliphatic heterocycles. The number of piperazine rings is 1. The summed E-state index contributed by atoms with van der Waals surface area (Å²) in [6.07, 6.45) is 0. The summed E-state index contributed by atoms with van der Waals surface area (Å²) in [5, 5.41) is 4.44. The minimum Gasteiger partial charge on any atom is -0.364 e. The van der Waals surface area contributed by atoms with E-state index < -0.39 is 0 Å². The van der Waals surface area contributed by atoms with E-state index >= 15 is 0 Å². The lowest BCUT2D eigenvalue weighted by Gasteiger charge is -2.47. The number of nitrogens with zero attached hydrogens (tertiary/aromatic N) is 1. The van der Waals surface area contributed by atoms with E-state index in [1.807, 2.05) is 6.07 Å². The Hall–Kier alpha value is -0.250. The number of hydrogen-bond donors (Lipinski definition) is 1. The van der Waals surface area contributed by atoms with Crippen molar-refractivity contribution in [2.75, 3.05) is 18.0 Å². The molecule has 1 aliphatic rings. The number of rotatable bonds is 2. The maximum atomic E-state index is 6.43. The molecule has 0 radical (unpaired) electrons. The van der Waals surface area contributed by atoms with E-state index in [0.29, 0.717) is 12.0 Å². The number of benzene rings is 1. The summed E-state index contributed by atoms with van der Waals surface area (Å²) in [5.41, 5.74) is 1.25. The van der Waals surface area contributed by atoms with Gasteiger partial charge in [0.1, 0.15) is 0 Å². The lowest BCUT2D eigenvalue weighted by Crippen LogP contribution is -2.63. The Balaban J connectivity index is 2.36. The van der Waals surface area contributed by atoms with E-state index in [2.05, 4.69) is 66.0 Å². The van der Waals surface area contributed by atoms with Crippen molar-refractivity contribution in [3.63, 3.8) is 0 Å². The zero-order valence-corrected chi connectivity index (χ0v) is 14.3. The number of anilines is 1. The van der Waals surface area contributed by atoms with Crippen molar-refractivity contribution in [2.45, 2.75) is 39.3 Å². The van der Waals surface area contributed by atoms with Gasteiger partial charge in [-0.1, -0.05) is 41.4 Å². The molecule has 0 saturated carbocycles. The molecule has 1 unspecified atom stereocenters. The Morgan fingerprint density at radius 3 is 2.68 bits per heavy atom. The van der Waals surface area contributed by atoms with Gasteiger partial charge in [-0.3, -0.25) is 0 Å². The van der Waals surface area contributed by atoms with Gasteiger partial charge in [0.05, 0.1) is 10.7 Å². The van der Waals surface area contributed by atoms with Crippen molar-refractivity contribution >= 4 is 33.2 Å². The van der Waals surface area contributed by atoms with Gasteiger partial charge in [0.2, 0.25) is 0 Å². The summed E-state index contributed by atoms with van der Waals surface area (Å²) in [7, 11) is 0. The van der Waals surface area contributed by atoms with Crippen LogP contribution in [0.2, 0.25) is 5.02 Å². The molecular weight excluding hydrogens is 324 g/mol. The van der Waals surface area contributed by atoms with Crippen LogP contribution < -0.4 is 10.2 Å². The molecule has 106 valence electrons. The van der Waals surface area contributed by atoms with Gasteiger partial charge in [0.15, 0.2) is 0 Å². The molecule has 0 aromatic heterocycles. The molecule has 4 heteroatoms. The molecule has 1 heterocycles. The molecule has 1 aromatic carbocycles. The van der Waals surface area contributed by atoms with Crippen LogP contribution in [0.25, 0.3) is 0 Å². The topological polar surface area (TPSA) is 15.3 Å². The smallest absolute Gasteiger partial charge is 0.0650 e. The zero-order valence-electron chi connectivity index (χ0n) is 12.0. The molecule has 1 atom stereocenters. The predicted octanol–water partition coefficient (Wildman–Crippen LogP) is 4.32. The Morgan fingerprint density at radius 2 is 2.11 bits per heavy atom. The van der Waals surface area contributed by atoms with Crippen LogP contribution in [0.3, 0.4) is 0 Å². The average molecular weight is 346 g/mol. The summed E-state index contributed by atoms with van der Waals surface area (Å²) in [6, 6.07) is 6.63. The third kappa shape index (κ3) is 3.45. The standard InChI is InChI=1S/C15H22BrClN2/c1-10(2)14-8-18-15(3,4)9-19(14)13-6-5-11(16)7-12(13)17/h5-7,10,14,18H,8-9H2,1-4H3. The van der Waals surface area contributed by atoms with E-state index in [9.17, 15) is 0 Å². The van der Waals surface area contributed by atoms with Crippen molar-refractivity contribution in [3.8, 4) is 0 Å². The highest BCUT2D eigenvalue weighted by atomic mass is 79.9. The quantitative estimate of drug-likeness (QED) is 0.859. The number of nitrogens with one attached hydrogen (secondary N) is 1. The monoisotopic (exact) mass is 344 g/mol. The van der Waals surface area contributed by atoms with Gasteiger partial charge in [0.25, 0.3) is 0 Å². The van der Waals surface area contributed by atoms with Crippen molar-refractivity contribution < 1.29 is 0 Å². The molecule has 1 aromatic rings. The summed E-state index contributed by atoms with van der Waals surface area (Å²) >= 11 is 9.91. The largest absolute Gasteiger partial charge is 0.364 e. The second-order valence-corrected chi connectivity index (χ2v) is 7.62. The Labute approximate surface area is 129 Å². The lowest BCUT2D eigenvalue weighted by molar-refractivity contribution is 0.277. The Kier molecular flexibility index (Phi) is 4.49. The van der Waals surface area contributed by atoms with E-state index in [1.165, 1.54) is 0 Å². The first-order chi connectivity index (χ1) is 8.80. The van der Waals surface area contributed by atoms with E-state index in [0.717, 1.165) is 28.3 Å². The molecule has 1 saturated heterocycles. The summed E-state index contributed by atoms with van der Waals surface area (Å²) in [4.78, 5) is 2.45. The number of hydrogen-bond acceptors (Lipinski definition) is 2. The van der Waals surface area contributed by atoms with E-state index in [4.69, 9.17) is 11.6 Å². The van der Waals surface area contributed by atoms with Gasteiger partial charge in [-0.15, -0.1) is 0 Å². The molecule has 19 heavy (non-hydrogen) atoms. The first-order valence-corrected chi connectivity index (χ1v) is 7.94. The zero-order chi connectivity index (χ0) is 14.2. The van der Waals surface area contributed by atoms with Gasteiger partial charge >= 0.3 is 0 Å². The molecular formula is C15H22BrClN2. The fourth-order valence-corrected chi connectivity index (χ4v) is 3.45. The van der Waals surface area contributed by atoms with Gasteiger partial charge in [-0.2, -0.15) is 0 Å². The summed E-state index contributed by atoms with van der Waals surface area (Å²) in [6.45, 7) is 11.0. The SMILES string of the molecule is CC(C)C1CNC(C)(C)CN1c1ccc(Br)cc1Cl. The predicted molar refractivity (Wildman–Crippen MR) is 87.2 cm³/mol. The third-order valence-corrected chi connectivity index (χ3v) is 4.54. The van der Waals surface area contributed by atoms with Gasteiger partial charge in [-0.25, -0.2) is 0 Å². The third-order valence-electron chi connectivity index (χ3n) is 3.74. The van der Waals surface area contributed by atoms with Crippen LogP contribution in [0.5, 0.6) is 0 Å². The molecule has 1 fully saturated rings. The molecule has 0 aliphatic carbocycles. The highest BCUT2D eigenvalue weighted by molar-refractivity contribution is 9.10. The molecule has 2 rings (SSSR count). The Morgan fingerprint density at radius 1 is 1.42 bits per heavy atom. The van der Waals surface area contributed by atoms with Crippen molar-refractivity contribution in [3.05, 3.63) is 27.7 Å². The highest BCUT2D eigenvalue weighted by Crippen LogP contribution is 2.34. The van der Waals surface area contributed by atoms with Crippen molar-refractivity contribution in [1.29, 1.82) is 0 Å². The summed E-state index contributed by atoms with van der Waals surface area (Å²) in [5.74, 6) is 0.586. The van der Waals surface area contributed by atoms with E-state index in [1.54, 1.807) is 0 Å². The second-order valence-electron chi connectivity index (χ2n) is 6.30. The normalized spacial score (nSPS) is 22.9. The van der Waals surface area contributed by atoms with Crippen LogP contribution in [0.1, 0.15) is 27.7 Å². The molecule has 2 nitrogen and oxygen atoms in total. The lowest BCUT2D eigenvalue weighted by atomic mass is 9.92. The molecule has 0 amide bonds. The first kappa shape index (κ1) is 15.1. The minimum absolute atomic E-state index is 0.113. The van der Waals surface area contributed by atoms with Crippen LogP contribution in [0, 0.1) is 5.92 Å². The summed E-state index contributed by atoms with van der Waals surface area (Å²) < 4.78 is 1.02. The maximum absolute atomic E-state index is 6.43. The molecule has 0 spiro atoms. The van der Waals surface area contributed by atoms with E-state index in [-0.39, 0.29) is 5.54 Å². The van der Waals surface area contributed by atoms with Crippen LogP contribution in [-0.2, 0) is 0 Å². The minimum atomic E-state index is 0.113. The fourth-order valence-electron chi connectivity index (χ4n) is 2.66. The maximum Gasteiger partial charge on any atom is 0.0650 e. The highest BCUT2D eigenvalue weighted by Gasteiger charge is 2.34. The Bertz CT molecular complexity index is 459. The van der Waals surface area contributed by atoms with Gasteiger partial charge in [0, 0.05) is 29.1 Å².